The number of anilines is 1. The summed E-state index contributed by atoms with van der Waals surface area (Å²) in [7, 11) is 0. The van der Waals surface area contributed by atoms with Crippen LogP contribution in [0.25, 0.3) is 11.3 Å². The lowest BCUT2D eigenvalue weighted by Gasteiger charge is -2.15. The van der Waals surface area contributed by atoms with Gasteiger partial charge in [-0.15, -0.1) is 10.2 Å². The lowest BCUT2D eigenvalue weighted by atomic mass is 10.0. The average molecular weight is 503 g/mol. The smallest absolute Gasteiger partial charge is 0.442 e. The van der Waals surface area contributed by atoms with E-state index in [1.165, 1.54) is 30.5 Å². The molecule has 186 valence electrons. The van der Waals surface area contributed by atoms with Crippen molar-refractivity contribution >= 4 is 11.7 Å². The molecule has 0 atom stereocenters. The zero-order chi connectivity index (χ0) is 26.0. The Labute approximate surface area is 209 Å². The van der Waals surface area contributed by atoms with Crippen molar-refractivity contribution in [2.45, 2.75) is 24.7 Å². The second-order valence-electron chi connectivity index (χ2n) is 8.55. The van der Waals surface area contributed by atoms with Gasteiger partial charge in [0, 0.05) is 17.5 Å². The first-order valence-electron chi connectivity index (χ1n) is 11.3. The molecule has 2 N–H and O–H groups in total. The molecule has 4 aromatic rings. The minimum Gasteiger partial charge on any atom is -0.508 e. The third-order valence-electron chi connectivity index (χ3n) is 5.90. The Kier molecular flexibility index (Phi) is 6.16. The lowest BCUT2D eigenvalue weighted by molar-refractivity contribution is -0.166. The largest absolute Gasteiger partial charge is 0.508 e. The SMILES string of the molecule is O=C(Cc1ccc(C2(C(F)(F)F)N=N2)cc1)Nc1ncc(-c2ccc(O)cc2)nc1Cc1ccccc1. The second-order valence-corrected chi connectivity index (χ2v) is 8.55. The number of hydrogen-bond donors (Lipinski definition) is 2. The first-order valence-corrected chi connectivity index (χ1v) is 11.3. The molecule has 0 spiro atoms. The quantitative estimate of drug-likeness (QED) is 0.333. The van der Waals surface area contributed by atoms with Crippen molar-refractivity contribution in [2.75, 3.05) is 5.32 Å². The molecule has 7 nitrogen and oxygen atoms in total. The molecular weight excluding hydrogens is 483 g/mol. The molecule has 3 aromatic carbocycles. The predicted octanol–water partition coefficient (Wildman–Crippen LogP) is 5.80. The molecule has 0 fully saturated rings. The van der Waals surface area contributed by atoms with Gasteiger partial charge in [-0.25, -0.2) is 9.97 Å². The molecule has 1 aromatic heterocycles. The van der Waals surface area contributed by atoms with E-state index in [2.05, 4.69) is 20.5 Å². The van der Waals surface area contributed by atoms with Crippen LogP contribution in [0.3, 0.4) is 0 Å². The Hall–Kier alpha value is -4.60. The first kappa shape index (κ1) is 24.1. The average Bonchev–Trinajstić information content (AvgIpc) is 3.69. The number of rotatable bonds is 7. The summed E-state index contributed by atoms with van der Waals surface area (Å²) in [6, 6.07) is 21.6. The second kappa shape index (κ2) is 9.45. The fourth-order valence-corrected chi connectivity index (χ4v) is 3.87. The summed E-state index contributed by atoms with van der Waals surface area (Å²) in [5.74, 6) is 0.0345. The highest BCUT2D eigenvalue weighted by molar-refractivity contribution is 5.92. The maximum Gasteiger partial charge on any atom is 0.442 e. The van der Waals surface area contributed by atoms with Gasteiger partial charge in [0.05, 0.1) is 24.0 Å². The number of phenolic OH excluding ortho intramolecular Hbond substituents is 1. The zero-order valence-corrected chi connectivity index (χ0v) is 19.3. The van der Waals surface area contributed by atoms with Gasteiger partial charge in [-0.1, -0.05) is 54.6 Å². The number of hydrogen-bond acceptors (Lipinski definition) is 6. The fraction of sp³-hybridized carbons (Fsp3) is 0.148. The standard InChI is InChI=1S/C27H20F3N5O2/c28-27(29,30)26(34-35-26)20-10-6-18(7-11-20)15-24(37)33-25-22(14-17-4-2-1-3-5-17)32-23(16-31-25)19-8-12-21(36)13-9-19/h1-13,16,36H,14-15H2,(H,31,33,37). The summed E-state index contributed by atoms with van der Waals surface area (Å²) >= 11 is 0. The van der Waals surface area contributed by atoms with E-state index in [0.717, 1.165) is 11.1 Å². The van der Waals surface area contributed by atoms with Gasteiger partial charge >= 0.3 is 11.8 Å². The fourth-order valence-electron chi connectivity index (χ4n) is 3.87. The molecule has 1 amide bonds. The summed E-state index contributed by atoms with van der Waals surface area (Å²) < 4.78 is 39.6. The Balaban J connectivity index is 1.35. The number of aromatic hydroxyl groups is 1. The molecule has 0 unspecified atom stereocenters. The van der Waals surface area contributed by atoms with Crippen LogP contribution in [0.2, 0.25) is 0 Å². The van der Waals surface area contributed by atoms with Crippen molar-refractivity contribution in [1.82, 2.24) is 9.97 Å². The van der Waals surface area contributed by atoms with E-state index in [-0.39, 0.29) is 23.6 Å². The van der Waals surface area contributed by atoms with E-state index in [4.69, 9.17) is 4.98 Å². The molecule has 10 heteroatoms. The van der Waals surface area contributed by atoms with Crippen LogP contribution in [-0.4, -0.2) is 27.2 Å². The van der Waals surface area contributed by atoms with Crippen molar-refractivity contribution in [3.8, 4) is 17.0 Å². The Morgan fingerprint density at radius 3 is 2.19 bits per heavy atom. The summed E-state index contributed by atoms with van der Waals surface area (Å²) in [5, 5.41) is 18.7. The third-order valence-corrected chi connectivity index (χ3v) is 5.90. The lowest BCUT2D eigenvalue weighted by Crippen LogP contribution is -2.30. The summed E-state index contributed by atoms with van der Waals surface area (Å²) in [6.07, 6.45) is -2.73. The number of aromatic nitrogens is 2. The molecule has 0 saturated carbocycles. The van der Waals surface area contributed by atoms with Gasteiger partial charge in [-0.05, 0) is 35.4 Å². The van der Waals surface area contributed by atoms with Gasteiger partial charge in [-0.2, -0.15) is 13.2 Å². The Morgan fingerprint density at radius 2 is 1.57 bits per heavy atom. The topological polar surface area (TPSA) is 99.8 Å². The van der Waals surface area contributed by atoms with Crippen LogP contribution in [0, 0.1) is 0 Å². The van der Waals surface area contributed by atoms with Crippen LogP contribution in [-0.2, 0) is 23.3 Å². The van der Waals surface area contributed by atoms with E-state index in [0.29, 0.717) is 29.2 Å². The molecule has 5 rings (SSSR count). The van der Waals surface area contributed by atoms with Crippen LogP contribution in [0.4, 0.5) is 19.0 Å². The zero-order valence-electron chi connectivity index (χ0n) is 19.3. The van der Waals surface area contributed by atoms with Crippen LogP contribution in [0.5, 0.6) is 5.75 Å². The van der Waals surface area contributed by atoms with E-state index >= 15 is 0 Å². The van der Waals surface area contributed by atoms with Gasteiger partial charge in [0.2, 0.25) is 5.91 Å². The number of nitrogens with one attached hydrogen (secondary N) is 1. The number of phenols is 1. The molecule has 1 aliphatic heterocycles. The number of carbonyl (C=O) groups is 1. The molecule has 0 bridgehead atoms. The summed E-state index contributed by atoms with van der Waals surface area (Å²) in [4.78, 5) is 21.9. The van der Waals surface area contributed by atoms with Crippen LogP contribution in [0.15, 0.2) is 95.3 Å². The Morgan fingerprint density at radius 1 is 0.892 bits per heavy atom. The van der Waals surface area contributed by atoms with Crippen molar-refractivity contribution in [3.63, 3.8) is 0 Å². The van der Waals surface area contributed by atoms with Gasteiger partial charge < -0.3 is 10.4 Å². The predicted molar refractivity (Wildman–Crippen MR) is 130 cm³/mol. The molecule has 0 radical (unpaired) electrons. The monoisotopic (exact) mass is 503 g/mol. The van der Waals surface area contributed by atoms with Crippen molar-refractivity contribution in [1.29, 1.82) is 0 Å². The van der Waals surface area contributed by atoms with E-state index in [1.54, 1.807) is 24.3 Å². The molecule has 2 heterocycles. The van der Waals surface area contributed by atoms with Crippen molar-refractivity contribution < 1.29 is 23.1 Å². The van der Waals surface area contributed by atoms with Gasteiger partial charge in [0.1, 0.15) is 5.75 Å². The maximum atomic E-state index is 13.2. The van der Waals surface area contributed by atoms with Gasteiger partial charge in [0.25, 0.3) is 0 Å². The highest BCUT2D eigenvalue weighted by atomic mass is 19.4. The van der Waals surface area contributed by atoms with Crippen LogP contribution in [0.1, 0.15) is 22.4 Å². The number of alkyl halides is 3. The molecule has 0 aliphatic carbocycles. The van der Waals surface area contributed by atoms with E-state index in [9.17, 15) is 23.1 Å². The molecule has 37 heavy (non-hydrogen) atoms. The maximum absolute atomic E-state index is 13.2. The number of benzene rings is 3. The van der Waals surface area contributed by atoms with Gasteiger partial charge in [-0.3, -0.25) is 4.79 Å². The minimum absolute atomic E-state index is 0.0697. The normalized spacial score (nSPS) is 13.8. The summed E-state index contributed by atoms with van der Waals surface area (Å²) in [6.45, 7) is 0. The highest BCUT2D eigenvalue weighted by Gasteiger charge is 2.65. The van der Waals surface area contributed by atoms with E-state index < -0.39 is 11.8 Å². The number of carbonyl (C=O) groups excluding carboxylic acids is 1. The van der Waals surface area contributed by atoms with Crippen molar-refractivity contribution in [3.05, 3.63) is 107 Å². The third kappa shape index (κ3) is 5.18. The molecular formula is C27H20F3N5O2. The number of amides is 1. The van der Waals surface area contributed by atoms with E-state index in [1.807, 2.05) is 30.3 Å². The number of halogens is 3. The van der Waals surface area contributed by atoms with Gasteiger partial charge in [0.15, 0.2) is 5.82 Å². The molecule has 0 saturated heterocycles. The number of nitrogens with zero attached hydrogens (tertiary/aromatic N) is 4. The van der Waals surface area contributed by atoms with Crippen LogP contribution < -0.4 is 5.32 Å². The van der Waals surface area contributed by atoms with Crippen LogP contribution >= 0.6 is 0 Å². The Bertz CT molecular complexity index is 1450. The van der Waals surface area contributed by atoms with Crippen molar-refractivity contribution in [2.24, 2.45) is 10.2 Å². The first-order chi connectivity index (χ1) is 17.7. The molecule has 1 aliphatic rings. The highest BCUT2D eigenvalue weighted by Crippen LogP contribution is 2.52. The minimum atomic E-state index is -4.61. The summed E-state index contributed by atoms with van der Waals surface area (Å²) in [5.41, 5.74) is 0.791.